The van der Waals surface area contributed by atoms with Crippen LogP contribution in [0.3, 0.4) is 0 Å². The van der Waals surface area contributed by atoms with Gasteiger partial charge in [0.05, 0.1) is 12.0 Å². The van der Waals surface area contributed by atoms with E-state index in [4.69, 9.17) is 0 Å². The smallest absolute Gasteiger partial charge is 0.254 e. The Labute approximate surface area is 175 Å². The molecule has 29 heavy (non-hydrogen) atoms. The minimum absolute atomic E-state index is 0.0390. The first-order valence-electron chi connectivity index (χ1n) is 9.79. The number of rotatable bonds is 5. The zero-order valence-corrected chi connectivity index (χ0v) is 17.4. The number of thiophene rings is 1. The van der Waals surface area contributed by atoms with Crippen molar-refractivity contribution in [3.05, 3.63) is 93.2 Å². The van der Waals surface area contributed by atoms with Crippen molar-refractivity contribution in [2.24, 2.45) is 0 Å². The van der Waals surface area contributed by atoms with Crippen LogP contribution in [0.1, 0.15) is 43.9 Å². The number of hydrogen-bond acceptors (Lipinski definition) is 3. The SMILES string of the molecule is Cc1cccc(CCNC(=O)[C@H]2c3ccccc3C(=O)N(C)[C@@H]2c2cccs2)c1. The maximum absolute atomic E-state index is 13.3. The van der Waals surface area contributed by atoms with Crippen molar-refractivity contribution in [1.29, 1.82) is 0 Å². The predicted octanol–water partition coefficient (Wildman–Crippen LogP) is 4.33. The number of carbonyl (C=O) groups is 2. The molecule has 2 atom stereocenters. The van der Waals surface area contributed by atoms with Crippen LogP contribution in [0, 0.1) is 6.92 Å². The summed E-state index contributed by atoms with van der Waals surface area (Å²) in [6, 6.07) is 19.5. The van der Waals surface area contributed by atoms with E-state index >= 15 is 0 Å². The first-order chi connectivity index (χ1) is 14.1. The van der Waals surface area contributed by atoms with Crippen molar-refractivity contribution in [2.45, 2.75) is 25.3 Å². The number of nitrogens with zero attached hydrogens (tertiary/aromatic N) is 1. The summed E-state index contributed by atoms with van der Waals surface area (Å²) in [4.78, 5) is 29.0. The van der Waals surface area contributed by atoms with Crippen molar-refractivity contribution in [1.82, 2.24) is 10.2 Å². The van der Waals surface area contributed by atoms with Crippen LogP contribution in [-0.4, -0.2) is 30.3 Å². The lowest BCUT2D eigenvalue weighted by molar-refractivity contribution is -0.124. The summed E-state index contributed by atoms with van der Waals surface area (Å²) >= 11 is 1.58. The summed E-state index contributed by atoms with van der Waals surface area (Å²) in [6.45, 7) is 2.63. The monoisotopic (exact) mass is 404 g/mol. The number of benzene rings is 2. The summed E-state index contributed by atoms with van der Waals surface area (Å²) < 4.78 is 0. The average molecular weight is 405 g/mol. The Bertz CT molecular complexity index is 1030. The molecule has 1 aliphatic rings. The minimum atomic E-state index is -0.426. The highest BCUT2D eigenvalue weighted by molar-refractivity contribution is 7.10. The highest BCUT2D eigenvalue weighted by atomic mass is 32.1. The summed E-state index contributed by atoms with van der Waals surface area (Å²) in [7, 11) is 1.79. The summed E-state index contributed by atoms with van der Waals surface area (Å²) in [5.74, 6) is -0.504. The number of hydrogen-bond donors (Lipinski definition) is 1. The third-order valence-corrected chi connectivity index (χ3v) is 6.44. The van der Waals surface area contributed by atoms with Gasteiger partial charge in [-0.25, -0.2) is 0 Å². The molecule has 2 heterocycles. The van der Waals surface area contributed by atoms with E-state index in [-0.39, 0.29) is 17.9 Å². The molecule has 0 saturated heterocycles. The fraction of sp³-hybridized carbons (Fsp3) is 0.250. The van der Waals surface area contributed by atoms with Gasteiger partial charge in [-0.3, -0.25) is 9.59 Å². The molecular formula is C24H24N2O2S. The molecule has 0 unspecified atom stereocenters. The molecule has 0 aliphatic carbocycles. The van der Waals surface area contributed by atoms with Crippen LogP contribution in [0.4, 0.5) is 0 Å². The quantitative estimate of drug-likeness (QED) is 0.688. The molecular weight excluding hydrogens is 380 g/mol. The zero-order valence-electron chi connectivity index (χ0n) is 16.6. The molecule has 4 rings (SSSR count). The van der Waals surface area contributed by atoms with Gasteiger partial charge in [0.1, 0.15) is 0 Å². The lowest BCUT2D eigenvalue weighted by Crippen LogP contribution is -2.45. The molecule has 4 nitrogen and oxygen atoms in total. The number of nitrogens with one attached hydrogen (secondary N) is 1. The Kier molecular flexibility index (Phi) is 5.49. The van der Waals surface area contributed by atoms with E-state index in [0.29, 0.717) is 12.1 Å². The molecule has 0 saturated carbocycles. The molecule has 0 radical (unpaired) electrons. The van der Waals surface area contributed by atoms with E-state index in [1.807, 2.05) is 47.8 Å². The molecule has 148 valence electrons. The van der Waals surface area contributed by atoms with E-state index in [1.54, 1.807) is 23.3 Å². The first kappa shape index (κ1) is 19.4. The van der Waals surface area contributed by atoms with Crippen molar-refractivity contribution in [3.8, 4) is 0 Å². The Morgan fingerprint density at radius 2 is 1.93 bits per heavy atom. The first-order valence-corrected chi connectivity index (χ1v) is 10.7. The Balaban J connectivity index is 1.60. The summed E-state index contributed by atoms with van der Waals surface area (Å²) in [5.41, 5.74) is 3.84. The Morgan fingerprint density at radius 1 is 1.10 bits per heavy atom. The number of fused-ring (bicyclic) bond motifs is 1. The van der Waals surface area contributed by atoms with Crippen molar-refractivity contribution in [2.75, 3.05) is 13.6 Å². The topological polar surface area (TPSA) is 49.4 Å². The van der Waals surface area contributed by atoms with Crippen LogP contribution < -0.4 is 5.32 Å². The van der Waals surface area contributed by atoms with Gasteiger partial charge in [-0.2, -0.15) is 0 Å². The van der Waals surface area contributed by atoms with Gasteiger partial charge in [0.15, 0.2) is 0 Å². The molecule has 1 N–H and O–H groups in total. The summed E-state index contributed by atoms with van der Waals surface area (Å²) in [5, 5.41) is 5.10. The molecule has 5 heteroatoms. The van der Waals surface area contributed by atoms with Crippen LogP contribution >= 0.6 is 11.3 Å². The number of amides is 2. The lowest BCUT2D eigenvalue weighted by atomic mass is 9.81. The standard InChI is InChI=1S/C24H24N2O2S/c1-16-7-5-8-17(15-16)12-13-25-23(27)21-18-9-3-4-10-19(18)24(28)26(2)22(21)20-11-6-14-29-20/h3-11,14-15,21-22H,12-13H2,1-2H3,(H,25,27)/t21-,22+/m0/s1. The normalized spacial score (nSPS) is 18.4. The largest absolute Gasteiger partial charge is 0.355 e. The van der Waals surface area contributed by atoms with E-state index in [2.05, 4.69) is 30.4 Å². The molecule has 3 aromatic rings. The Hall–Kier alpha value is -2.92. The third kappa shape index (κ3) is 3.83. The predicted molar refractivity (Wildman–Crippen MR) is 116 cm³/mol. The van der Waals surface area contributed by atoms with Crippen molar-refractivity contribution in [3.63, 3.8) is 0 Å². The number of likely N-dealkylation sites (N-methyl/N-ethyl adjacent to an activating group) is 1. The van der Waals surface area contributed by atoms with Gasteiger partial charge in [0.25, 0.3) is 5.91 Å². The van der Waals surface area contributed by atoms with Gasteiger partial charge in [0.2, 0.25) is 5.91 Å². The van der Waals surface area contributed by atoms with Gasteiger partial charge in [-0.05, 0) is 42.0 Å². The second-order valence-corrected chi connectivity index (χ2v) is 8.45. The van der Waals surface area contributed by atoms with Crippen molar-refractivity contribution >= 4 is 23.2 Å². The van der Waals surface area contributed by atoms with Crippen LogP contribution in [0.15, 0.2) is 66.0 Å². The van der Waals surface area contributed by atoms with E-state index < -0.39 is 5.92 Å². The maximum atomic E-state index is 13.3. The molecule has 0 bridgehead atoms. The molecule has 1 aromatic heterocycles. The highest BCUT2D eigenvalue weighted by Crippen LogP contribution is 2.43. The fourth-order valence-electron chi connectivity index (χ4n) is 4.08. The van der Waals surface area contributed by atoms with Gasteiger partial charge in [-0.1, -0.05) is 54.1 Å². The molecule has 2 amide bonds. The lowest BCUT2D eigenvalue weighted by Gasteiger charge is -2.39. The maximum Gasteiger partial charge on any atom is 0.254 e. The van der Waals surface area contributed by atoms with Gasteiger partial charge in [0, 0.05) is 24.0 Å². The average Bonchev–Trinajstić information content (AvgIpc) is 3.25. The van der Waals surface area contributed by atoms with E-state index in [1.165, 1.54) is 11.1 Å². The van der Waals surface area contributed by atoms with E-state index in [0.717, 1.165) is 16.9 Å². The molecule has 1 aliphatic heterocycles. The van der Waals surface area contributed by atoms with E-state index in [9.17, 15) is 9.59 Å². The van der Waals surface area contributed by atoms with Crippen LogP contribution in [-0.2, 0) is 11.2 Å². The molecule has 2 aromatic carbocycles. The highest BCUT2D eigenvalue weighted by Gasteiger charge is 2.42. The fourth-order valence-corrected chi connectivity index (χ4v) is 4.98. The van der Waals surface area contributed by atoms with Gasteiger partial charge >= 0.3 is 0 Å². The van der Waals surface area contributed by atoms with Crippen LogP contribution in [0.5, 0.6) is 0 Å². The molecule has 0 fully saturated rings. The number of carbonyl (C=O) groups excluding carboxylic acids is 2. The molecule has 0 spiro atoms. The van der Waals surface area contributed by atoms with Crippen LogP contribution in [0.25, 0.3) is 0 Å². The summed E-state index contributed by atoms with van der Waals surface area (Å²) in [6.07, 6.45) is 0.778. The van der Waals surface area contributed by atoms with Crippen LogP contribution in [0.2, 0.25) is 0 Å². The zero-order chi connectivity index (χ0) is 20.4. The second-order valence-electron chi connectivity index (χ2n) is 7.47. The van der Waals surface area contributed by atoms with Gasteiger partial charge in [-0.15, -0.1) is 11.3 Å². The number of aryl methyl sites for hydroxylation is 1. The Morgan fingerprint density at radius 3 is 2.69 bits per heavy atom. The van der Waals surface area contributed by atoms with Gasteiger partial charge < -0.3 is 10.2 Å². The second kappa shape index (κ2) is 8.21. The van der Waals surface area contributed by atoms with Crippen molar-refractivity contribution < 1.29 is 9.59 Å². The third-order valence-electron chi connectivity index (χ3n) is 5.49. The minimum Gasteiger partial charge on any atom is -0.355 e.